The van der Waals surface area contributed by atoms with Gasteiger partial charge in [-0.3, -0.25) is 0 Å². The molecule has 1 aliphatic carbocycles. The number of hydrogen-bond acceptors (Lipinski definition) is 1. The molecule has 1 nitrogen and oxygen atoms in total. The molecule has 1 aromatic rings. The van der Waals surface area contributed by atoms with Crippen molar-refractivity contribution in [2.75, 3.05) is 6.61 Å². The molecule has 2 rings (SSSR count). The van der Waals surface area contributed by atoms with E-state index in [1.807, 2.05) is 13.0 Å². The predicted octanol–water partition coefficient (Wildman–Crippen LogP) is 4.62. The molecular weight excluding hydrogens is 251 g/mol. The Hall–Kier alpha value is -0.600. The fourth-order valence-electron chi connectivity index (χ4n) is 2.53. The van der Waals surface area contributed by atoms with Crippen LogP contribution >= 0.6 is 11.6 Å². The molecule has 0 bridgehead atoms. The summed E-state index contributed by atoms with van der Waals surface area (Å²) in [6, 6.07) is 5.15. The van der Waals surface area contributed by atoms with E-state index in [0.29, 0.717) is 17.6 Å². The van der Waals surface area contributed by atoms with Gasteiger partial charge in [-0.1, -0.05) is 12.1 Å². The summed E-state index contributed by atoms with van der Waals surface area (Å²) in [7, 11) is 0. The summed E-state index contributed by atoms with van der Waals surface area (Å²) < 4.78 is 18.7. The Labute approximate surface area is 113 Å². The quantitative estimate of drug-likeness (QED) is 0.710. The minimum atomic E-state index is -0.164. The molecule has 0 N–H and O–H groups in total. The van der Waals surface area contributed by atoms with Gasteiger partial charge in [0.15, 0.2) is 0 Å². The normalized spacial score (nSPS) is 24.7. The van der Waals surface area contributed by atoms with E-state index in [-0.39, 0.29) is 11.2 Å². The second kappa shape index (κ2) is 6.03. The van der Waals surface area contributed by atoms with Gasteiger partial charge in [0.25, 0.3) is 0 Å². The summed E-state index contributed by atoms with van der Waals surface area (Å²) in [6.45, 7) is 4.59. The zero-order valence-electron chi connectivity index (χ0n) is 11.0. The average molecular weight is 271 g/mol. The van der Waals surface area contributed by atoms with Gasteiger partial charge in [0.2, 0.25) is 0 Å². The molecule has 1 aromatic carbocycles. The second-order valence-corrected chi connectivity index (χ2v) is 5.65. The zero-order valence-corrected chi connectivity index (χ0v) is 11.7. The first kappa shape index (κ1) is 13.8. The lowest BCUT2D eigenvalue weighted by atomic mass is 9.78. The first-order valence-electron chi connectivity index (χ1n) is 6.61. The molecule has 1 fully saturated rings. The number of rotatable bonds is 5. The molecule has 1 atom stereocenters. The average Bonchev–Trinajstić information content (AvgIpc) is 2.30. The molecule has 0 spiro atoms. The fraction of sp³-hybridized carbons (Fsp3) is 0.600. The van der Waals surface area contributed by atoms with Gasteiger partial charge in [0, 0.05) is 6.61 Å². The van der Waals surface area contributed by atoms with Crippen LogP contribution in [0.4, 0.5) is 4.39 Å². The molecule has 1 unspecified atom stereocenters. The smallest absolute Gasteiger partial charge is 0.126 e. The Bertz CT molecular complexity index is 401. The zero-order chi connectivity index (χ0) is 13.1. The first-order valence-corrected chi connectivity index (χ1v) is 7.05. The summed E-state index contributed by atoms with van der Waals surface area (Å²) in [6.07, 6.45) is 3.60. The minimum absolute atomic E-state index is 0.0168. The van der Waals surface area contributed by atoms with E-state index < -0.39 is 0 Å². The Morgan fingerprint density at radius 1 is 1.44 bits per heavy atom. The number of alkyl halides is 1. The van der Waals surface area contributed by atoms with Crippen molar-refractivity contribution in [1.29, 1.82) is 0 Å². The van der Waals surface area contributed by atoms with E-state index in [1.54, 1.807) is 13.0 Å². The number of halogens is 2. The highest BCUT2D eigenvalue weighted by molar-refractivity contribution is 6.20. The maximum absolute atomic E-state index is 13.2. The van der Waals surface area contributed by atoms with Crippen molar-refractivity contribution in [3.8, 4) is 0 Å². The third-order valence-corrected chi connectivity index (χ3v) is 4.11. The molecule has 18 heavy (non-hydrogen) atoms. The van der Waals surface area contributed by atoms with Gasteiger partial charge in [-0.15, -0.1) is 11.6 Å². The molecule has 100 valence electrons. The van der Waals surface area contributed by atoms with Crippen LogP contribution in [0.3, 0.4) is 0 Å². The molecular formula is C15H20ClFO. The van der Waals surface area contributed by atoms with Gasteiger partial charge in [-0.05, 0) is 56.2 Å². The van der Waals surface area contributed by atoms with E-state index in [9.17, 15) is 4.39 Å². The number of hydrogen-bond donors (Lipinski definition) is 0. The summed E-state index contributed by atoms with van der Waals surface area (Å²) >= 11 is 6.40. The standard InChI is InChI=1S/C15H20ClFO/c1-3-18-13-7-11(8-13)9-14(16)12-4-5-15(17)10(2)6-12/h4-6,11,13-14H,3,7-9H2,1-2H3. The molecule has 3 heteroatoms. The van der Waals surface area contributed by atoms with Crippen LogP contribution in [-0.4, -0.2) is 12.7 Å². The summed E-state index contributed by atoms with van der Waals surface area (Å²) in [5.74, 6) is 0.483. The number of benzene rings is 1. The third-order valence-electron chi connectivity index (χ3n) is 3.68. The summed E-state index contributed by atoms with van der Waals surface area (Å²) in [5.41, 5.74) is 1.69. The predicted molar refractivity (Wildman–Crippen MR) is 72.5 cm³/mol. The monoisotopic (exact) mass is 270 g/mol. The van der Waals surface area contributed by atoms with E-state index in [4.69, 9.17) is 16.3 Å². The lowest BCUT2D eigenvalue weighted by molar-refractivity contribution is -0.0267. The van der Waals surface area contributed by atoms with Crippen molar-refractivity contribution in [2.24, 2.45) is 5.92 Å². The van der Waals surface area contributed by atoms with Gasteiger partial charge in [-0.2, -0.15) is 0 Å². The third kappa shape index (κ3) is 3.24. The highest BCUT2D eigenvalue weighted by Gasteiger charge is 2.31. The van der Waals surface area contributed by atoms with Crippen LogP contribution in [0.25, 0.3) is 0 Å². The summed E-state index contributed by atoms with van der Waals surface area (Å²) in [5, 5.41) is -0.0168. The lowest BCUT2D eigenvalue weighted by Crippen LogP contribution is -2.31. The minimum Gasteiger partial charge on any atom is -0.378 e. The van der Waals surface area contributed by atoms with E-state index in [2.05, 4.69) is 0 Å². The summed E-state index contributed by atoms with van der Waals surface area (Å²) in [4.78, 5) is 0. The number of ether oxygens (including phenoxy) is 1. The molecule has 1 aliphatic rings. The van der Waals surface area contributed by atoms with Crippen LogP contribution in [-0.2, 0) is 4.74 Å². The second-order valence-electron chi connectivity index (χ2n) is 5.13. The van der Waals surface area contributed by atoms with Crippen LogP contribution < -0.4 is 0 Å². The van der Waals surface area contributed by atoms with E-state index in [0.717, 1.165) is 31.4 Å². The Kier molecular flexibility index (Phi) is 4.63. The molecule has 0 heterocycles. The van der Waals surface area contributed by atoms with Crippen LogP contribution in [0.5, 0.6) is 0 Å². The maximum atomic E-state index is 13.2. The fourth-order valence-corrected chi connectivity index (χ4v) is 2.92. The van der Waals surface area contributed by atoms with Crippen molar-refractivity contribution in [3.05, 3.63) is 35.1 Å². The molecule has 0 amide bonds. The van der Waals surface area contributed by atoms with Gasteiger partial charge in [-0.25, -0.2) is 4.39 Å². The van der Waals surface area contributed by atoms with Crippen molar-refractivity contribution in [2.45, 2.75) is 44.6 Å². The van der Waals surface area contributed by atoms with Crippen molar-refractivity contribution >= 4 is 11.6 Å². The van der Waals surface area contributed by atoms with Gasteiger partial charge in [0.05, 0.1) is 11.5 Å². The van der Waals surface area contributed by atoms with Gasteiger partial charge in [0.1, 0.15) is 5.82 Å². The molecule has 1 saturated carbocycles. The lowest BCUT2D eigenvalue weighted by Gasteiger charge is -2.36. The highest BCUT2D eigenvalue weighted by atomic mass is 35.5. The van der Waals surface area contributed by atoms with Crippen LogP contribution in [0, 0.1) is 18.7 Å². The topological polar surface area (TPSA) is 9.23 Å². The largest absolute Gasteiger partial charge is 0.378 e. The SMILES string of the molecule is CCOC1CC(CC(Cl)c2ccc(F)c(C)c2)C1. The van der Waals surface area contributed by atoms with Crippen LogP contribution in [0.1, 0.15) is 42.7 Å². The van der Waals surface area contributed by atoms with Crippen molar-refractivity contribution in [3.63, 3.8) is 0 Å². The molecule has 0 saturated heterocycles. The first-order chi connectivity index (χ1) is 8.60. The number of aryl methyl sites for hydroxylation is 1. The van der Waals surface area contributed by atoms with Crippen LogP contribution in [0.15, 0.2) is 18.2 Å². The Morgan fingerprint density at radius 2 is 2.17 bits per heavy atom. The molecule has 0 radical (unpaired) electrons. The van der Waals surface area contributed by atoms with Crippen molar-refractivity contribution in [1.82, 2.24) is 0 Å². The van der Waals surface area contributed by atoms with Crippen molar-refractivity contribution < 1.29 is 9.13 Å². The van der Waals surface area contributed by atoms with E-state index in [1.165, 1.54) is 6.07 Å². The molecule has 0 aliphatic heterocycles. The Balaban J connectivity index is 1.85. The maximum Gasteiger partial charge on any atom is 0.126 e. The van der Waals surface area contributed by atoms with Crippen LogP contribution in [0.2, 0.25) is 0 Å². The van der Waals surface area contributed by atoms with E-state index >= 15 is 0 Å². The van der Waals surface area contributed by atoms with Gasteiger partial charge >= 0.3 is 0 Å². The van der Waals surface area contributed by atoms with Gasteiger partial charge < -0.3 is 4.74 Å². The highest BCUT2D eigenvalue weighted by Crippen LogP contribution is 2.39. The Morgan fingerprint density at radius 3 is 2.78 bits per heavy atom. The molecule has 0 aromatic heterocycles.